The highest BCUT2D eigenvalue weighted by molar-refractivity contribution is 7.15. The van der Waals surface area contributed by atoms with Gasteiger partial charge in [-0.1, -0.05) is 25.4 Å². The third-order valence-electron chi connectivity index (χ3n) is 3.55. The van der Waals surface area contributed by atoms with Gasteiger partial charge in [-0.05, 0) is 18.1 Å². The molecule has 0 saturated heterocycles. The van der Waals surface area contributed by atoms with Crippen LogP contribution in [-0.4, -0.2) is 19.9 Å². The van der Waals surface area contributed by atoms with Crippen molar-refractivity contribution in [1.82, 2.24) is 19.9 Å². The van der Waals surface area contributed by atoms with Crippen LogP contribution in [0, 0.1) is 17.2 Å². The average Bonchev–Trinajstić information content (AvgIpc) is 3.10. The first-order valence-corrected chi connectivity index (χ1v) is 8.83. The van der Waals surface area contributed by atoms with Crippen LogP contribution in [0.2, 0.25) is 5.02 Å². The van der Waals surface area contributed by atoms with E-state index in [0.717, 1.165) is 16.3 Å². The number of nitrogens with one attached hydrogen (secondary N) is 1. The minimum atomic E-state index is -0.107. The molecule has 0 amide bonds. The molecule has 126 valence electrons. The number of pyridine rings is 1. The van der Waals surface area contributed by atoms with Crippen molar-refractivity contribution in [3.63, 3.8) is 0 Å². The van der Waals surface area contributed by atoms with Crippen molar-refractivity contribution in [2.45, 2.75) is 19.9 Å². The van der Waals surface area contributed by atoms with Gasteiger partial charge in [0.1, 0.15) is 16.0 Å². The molecule has 1 atom stereocenters. The molecule has 0 aliphatic heterocycles. The lowest BCUT2D eigenvalue weighted by atomic mass is 10.0. The molecule has 3 aromatic rings. The van der Waals surface area contributed by atoms with Gasteiger partial charge in [0.05, 0.1) is 23.0 Å². The van der Waals surface area contributed by atoms with Gasteiger partial charge in [0.15, 0.2) is 0 Å². The minimum absolute atomic E-state index is 0.107. The van der Waals surface area contributed by atoms with Crippen molar-refractivity contribution in [3.8, 4) is 16.6 Å². The molecular formula is C17H15ClN6S. The highest BCUT2D eigenvalue weighted by atomic mass is 35.5. The quantitative estimate of drug-likeness (QED) is 0.719. The molecule has 3 rings (SSSR count). The molecular weight excluding hydrogens is 356 g/mol. The normalized spacial score (nSPS) is 12.0. The van der Waals surface area contributed by atoms with Crippen LogP contribution in [0.4, 0.5) is 5.95 Å². The standard InChI is InChI=1S/C17H15ClN6S/c1-10(2)14(15-13(18)4-3-5-20-15)24-17-22-7-11(8-23-17)16-21-9-12(6-19)25-16/h3-5,7-10,14H,1-2H3,(H,22,23,24)/t14-/m0/s1. The number of aromatic nitrogens is 4. The van der Waals surface area contributed by atoms with E-state index in [0.29, 0.717) is 15.8 Å². The van der Waals surface area contributed by atoms with Gasteiger partial charge in [-0.3, -0.25) is 4.98 Å². The lowest BCUT2D eigenvalue weighted by Crippen LogP contribution is -2.19. The maximum atomic E-state index is 8.89. The zero-order valence-electron chi connectivity index (χ0n) is 13.6. The largest absolute Gasteiger partial charge is 0.346 e. The van der Waals surface area contributed by atoms with Gasteiger partial charge < -0.3 is 5.32 Å². The lowest BCUT2D eigenvalue weighted by molar-refractivity contribution is 0.531. The van der Waals surface area contributed by atoms with Gasteiger partial charge in [-0.25, -0.2) is 15.0 Å². The average molecular weight is 371 g/mol. The summed E-state index contributed by atoms with van der Waals surface area (Å²) in [4.78, 5) is 17.9. The van der Waals surface area contributed by atoms with Crippen LogP contribution in [0.3, 0.4) is 0 Å². The van der Waals surface area contributed by atoms with Gasteiger partial charge in [0, 0.05) is 24.2 Å². The summed E-state index contributed by atoms with van der Waals surface area (Å²) in [6.07, 6.45) is 6.64. The van der Waals surface area contributed by atoms with E-state index in [1.54, 1.807) is 30.9 Å². The molecule has 0 aliphatic rings. The second-order valence-electron chi connectivity index (χ2n) is 5.67. The van der Waals surface area contributed by atoms with Crippen LogP contribution in [0.15, 0.2) is 36.9 Å². The summed E-state index contributed by atoms with van der Waals surface area (Å²) < 4.78 is 0. The Balaban J connectivity index is 1.82. The van der Waals surface area contributed by atoms with E-state index >= 15 is 0 Å². The fraction of sp³-hybridized carbons (Fsp3) is 0.235. The summed E-state index contributed by atoms with van der Waals surface area (Å²) in [5, 5.41) is 13.5. The predicted molar refractivity (Wildman–Crippen MR) is 98.3 cm³/mol. The van der Waals surface area contributed by atoms with Crippen molar-refractivity contribution in [3.05, 3.63) is 52.5 Å². The van der Waals surface area contributed by atoms with E-state index in [4.69, 9.17) is 16.9 Å². The van der Waals surface area contributed by atoms with E-state index in [9.17, 15) is 0 Å². The zero-order chi connectivity index (χ0) is 17.8. The Morgan fingerprint density at radius 1 is 1.16 bits per heavy atom. The first-order chi connectivity index (χ1) is 12.1. The predicted octanol–water partition coefficient (Wildman–Crippen LogP) is 4.33. The second kappa shape index (κ2) is 7.55. The lowest BCUT2D eigenvalue weighted by Gasteiger charge is -2.22. The molecule has 25 heavy (non-hydrogen) atoms. The Morgan fingerprint density at radius 2 is 1.92 bits per heavy atom. The van der Waals surface area contributed by atoms with Crippen LogP contribution >= 0.6 is 22.9 Å². The molecule has 0 aromatic carbocycles. The van der Waals surface area contributed by atoms with E-state index in [1.807, 2.05) is 6.07 Å². The van der Waals surface area contributed by atoms with E-state index < -0.39 is 0 Å². The summed E-state index contributed by atoms with van der Waals surface area (Å²) in [7, 11) is 0. The summed E-state index contributed by atoms with van der Waals surface area (Å²) in [5.74, 6) is 0.731. The molecule has 0 unspecified atom stereocenters. The van der Waals surface area contributed by atoms with Crippen molar-refractivity contribution < 1.29 is 0 Å². The fourth-order valence-corrected chi connectivity index (χ4v) is 3.22. The summed E-state index contributed by atoms with van der Waals surface area (Å²) in [6, 6.07) is 5.59. The van der Waals surface area contributed by atoms with E-state index in [1.165, 1.54) is 11.3 Å². The molecule has 3 heterocycles. The maximum Gasteiger partial charge on any atom is 0.223 e. The molecule has 0 aliphatic carbocycles. The monoisotopic (exact) mass is 370 g/mol. The van der Waals surface area contributed by atoms with Crippen LogP contribution in [0.25, 0.3) is 10.6 Å². The Kier molecular flexibility index (Phi) is 5.22. The third-order valence-corrected chi connectivity index (χ3v) is 4.82. The Labute approximate surface area is 154 Å². The molecule has 8 heteroatoms. The van der Waals surface area contributed by atoms with Crippen molar-refractivity contribution in [2.24, 2.45) is 5.92 Å². The molecule has 3 aromatic heterocycles. The first kappa shape index (κ1) is 17.3. The van der Waals surface area contributed by atoms with Gasteiger partial charge >= 0.3 is 0 Å². The summed E-state index contributed by atoms with van der Waals surface area (Å²) in [5.41, 5.74) is 1.54. The van der Waals surface area contributed by atoms with Gasteiger partial charge in [-0.15, -0.1) is 11.3 Å². The fourth-order valence-electron chi connectivity index (χ4n) is 2.29. The number of halogens is 1. The van der Waals surface area contributed by atoms with Crippen LogP contribution in [-0.2, 0) is 0 Å². The number of nitriles is 1. The third kappa shape index (κ3) is 3.92. The number of hydrogen-bond acceptors (Lipinski definition) is 7. The molecule has 0 fully saturated rings. The topological polar surface area (TPSA) is 87.4 Å². The van der Waals surface area contributed by atoms with Crippen molar-refractivity contribution in [2.75, 3.05) is 5.32 Å². The SMILES string of the molecule is CC(C)[C@H](Nc1ncc(-c2ncc(C#N)s2)cn1)c1ncccc1Cl. The van der Waals surface area contributed by atoms with Gasteiger partial charge in [0.25, 0.3) is 0 Å². The van der Waals surface area contributed by atoms with E-state index in [2.05, 4.69) is 45.2 Å². The molecule has 1 N–H and O–H groups in total. The van der Waals surface area contributed by atoms with Crippen molar-refractivity contribution >= 4 is 28.9 Å². The number of hydrogen-bond donors (Lipinski definition) is 1. The molecule has 0 saturated carbocycles. The van der Waals surface area contributed by atoms with E-state index in [-0.39, 0.29) is 12.0 Å². The molecule has 0 spiro atoms. The number of nitrogens with zero attached hydrogens (tertiary/aromatic N) is 5. The Morgan fingerprint density at radius 3 is 2.52 bits per heavy atom. The van der Waals surface area contributed by atoms with Crippen molar-refractivity contribution in [1.29, 1.82) is 5.26 Å². The highest BCUT2D eigenvalue weighted by Crippen LogP contribution is 2.29. The number of anilines is 1. The molecule has 0 radical (unpaired) electrons. The molecule has 0 bridgehead atoms. The van der Waals surface area contributed by atoms with Gasteiger partial charge in [-0.2, -0.15) is 5.26 Å². The Bertz CT molecular complexity index is 900. The summed E-state index contributed by atoms with van der Waals surface area (Å²) >= 11 is 7.58. The first-order valence-electron chi connectivity index (χ1n) is 7.63. The van der Waals surface area contributed by atoms with Crippen LogP contribution < -0.4 is 5.32 Å². The number of rotatable bonds is 5. The smallest absolute Gasteiger partial charge is 0.223 e. The maximum absolute atomic E-state index is 8.89. The second-order valence-corrected chi connectivity index (χ2v) is 7.11. The van der Waals surface area contributed by atoms with Crippen LogP contribution in [0.1, 0.15) is 30.5 Å². The van der Waals surface area contributed by atoms with Gasteiger partial charge in [0.2, 0.25) is 5.95 Å². The highest BCUT2D eigenvalue weighted by Gasteiger charge is 2.20. The summed E-state index contributed by atoms with van der Waals surface area (Å²) in [6.45, 7) is 4.16. The zero-order valence-corrected chi connectivity index (χ0v) is 15.2. The number of thiazole rings is 1. The minimum Gasteiger partial charge on any atom is -0.346 e. The Hall–Kier alpha value is -2.56. The van der Waals surface area contributed by atoms with Crippen LogP contribution in [0.5, 0.6) is 0 Å². The molecule has 6 nitrogen and oxygen atoms in total.